The van der Waals surface area contributed by atoms with Crippen LogP contribution in [0, 0.1) is 5.41 Å². The average Bonchev–Trinajstić information content (AvgIpc) is 2.73. The van der Waals surface area contributed by atoms with Gasteiger partial charge in [0, 0.05) is 18.9 Å². The lowest BCUT2D eigenvalue weighted by molar-refractivity contribution is -0.125. The summed E-state index contributed by atoms with van der Waals surface area (Å²) in [5, 5.41) is 3.06. The maximum Gasteiger partial charge on any atom is 0.224 e. The lowest BCUT2D eigenvalue weighted by Gasteiger charge is -2.21. The first kappa shape index (κ1) is 12.2. The third kappa shape index (κ3) is 2.20. The van der Waals surface area contributed by atoms with Gasteiger partial charge >= 0.3 is 0 Å². The molecule has 7 heteroatoms. The summed E-state index contributed by atoms with van der Waals surface area (Å²) in [4.78, 5) is 19.6. The Hall–Kier alpha value is -2.31. The van der Waals surface area contributed by atoms with E-state index in [-0.39, 0.29) is 5.91 Å². The van der Waals surface area contributed by atoms with Crippen LogP contribution in [0.15, 0.2) is 18.6 Å². The van der Waals surface area contributed by atoms with E-state index in [2.05, 4.69) is 15.3 Å². The Labute approximate surface area is 104 Å². The SMILES string of the molecule is CC(C)(CNc1nc(N)cn2ccnc12)C(N)=O. The van der Waals surface area contributed by atoms with Crippen molar-refractivity contribution in [3.05, 3.63) is 18.6 Å². The Morgan fingerprint density at radius 3 is 2.94 bits per heavy atom. The zero-order chi connectivity index (χ0) is 13.3. The zero-order valence-corrected chi connectivity index (χ0v) is 10.3. The van der Waals surface area contributed by atoms with Crippen LogP contribution in [0.2, 0.25) is 0 Å². The maximum absolute atomic E-state index is 11.2. The third-order valence-electron chi connectivity index (χ3n) is 2.76. The van der Waals surface area contributed by atoms with E-state index in [0.29, 0.717) is 23.8 Å². The van der Waals surface area contributed by atoms with Gasteiger partial charge in [0.25, 0.3) is 0 Å². The topological polar surface area (TPSA) is 111 Å². The number of nitrogens with one attached hydrogen (secondary N) is 1. The van der Waals surface area contributed by atoms with Crippen LogP contribution in [0.25, 0.3) is 5.65 Å². The molecule has 0 aliphatic carbocycles. The summed E-state index contributed by atoms with van der Waals surface area (Å²) >= 11 is 0. The van der Waals surface area contributed by atoms with E-state index in [1.807, 2.05) is 0 Å². The maximum atomic E-state index is 11.2. The van der Waals surface area contributed by atoms with Crippen molar-refractivity contribution in [3.63, 3.8) is 0 Å². The Bertz CT molecular complexity index is 588. The van der Waals surface area contributed by atoms with Gasteiger partial charge in [0.15, 0.2) is 11.5 Å². The molecule has 18 heavy (non-hydrogen) atoms. The minimum atomic E-state index is -0.671. The van der Waals surface area contributed by atoms with Crippen LogP contribution in [-0.4, -0.2) is 26.8 Å². The quantitative estimate of drug-likeness (QED) is 0.717. The minimum Gasteiger partial charge on any atom is -0.382 e. The van der Waals surface area contributed by atoms with Crippen molar-refractivity contribution in [2.24, 2.45) is 11.1 Å². The van der Waals surface area contributed by atoms with E-state index in [1.54, 1.807) is 36.8 Å². The second-order valence-electron chi connectivity index (χ2n) is 4.77. The highest BCUT2D eigenvalue weighted by molar-refractivity contribution is 5.80. The number of aromatic nitrogens is 3. The molecule has 7 nitrogen and oxygen atoms in total. The van der Waals surface area contributed by atoms with Gasteiger partial charge in [0.2, 0.25) is 5.91 Å². The van der Waals surface area contributed by atoms with Gasteiger partial charge in [-0.3, -0.25) is 4.79 Å². The summed E-state index contributed by atoms with van der Waals surface area (Å²) in [6, 6.07) is 0. The fourth-order valence-electron chi connectivity index (χ4n) is 1.46. The number of anilines is 2. The fraction of sp³-hybridized carbons (Fsp3) is 0.364. The average molecular weight is 248 g/mol. The number of amides is 1. The number of nitrogens with zero attached hydrogens (tertiary/aromatic N) is 3. The fourth-order valence-corrected chi connectivity index (χ4v) is 1.46. The zero-order valence-electron chi connectivity index (χ0n) is 10.3. The third-order valence-corrected chi connectivity index (χ3v) is 2.76. The van der Waals surface area contributed by atoms with Gasteiger partial charge in [-0.05, 0) is 13.8 Å². The number of fused-ring (bicyclic) bond motifs is 1. The Balaban J connectivity index is 2.27. The molecule has 0 bridgehead atoms. The highest BCUT2D eigenvalue weighted by atomic mass is 16.1. The Kier molecular flexibility index (Phi) is 2.82. The summed E-state index contributed by atoms with van der Waals surface area (Å²) < 4.78 is 1.77. The van der Waals surface area contributed by atoms with Gasteiger partial charge in [0.1, 0.15) is 5.82 Å². The summed E-state index contributed by atoms with van der Waals surface area (Å²) in [7, 11) is 0. The number of imidazole rings is 1. The monoisotopic (exact) mass is 248 g/mol. The van der Waals surface area contributed by atoms with Crippen molar-refractivity contribution >= 4 is 23.2 Å². The predicted molar refractivity (Wildman–Crippen MR) is 68.9 cm³/mol. The number of carbonyl (C=O) groups is 1. The lowest BCUT2D eigenvalue weighted by Crippen LogP contribution is -2.37. The van der Waals surface area contributed by atoms with Gasteiger partial charge in [0.05, 0.1) is 11.6 Å². The second-order valence-corrected chi connectivity index (χ2v) is 4.77. The molecule has 0 saturated heterocycles. The molecular formula is C11H16N6O. The summed E-state index contributed by atoms with van der Waals surface area (Å²) in [5.41, 5.74) is 11.0. The summed E-state index contributed by atoms with van der Waals surface area (Å²) in [5.74, 6) is 0.535. The lowest BCUT2D eigenvalue weighted by atomic mass is 9.93. The van der Waals surface area contributed by atoms with Crippen molar-refractivity contribution in [3.8, 4) is 0 Å². The van der Waals surface area contributed by atoms with E-state index in [4.69, 9.17) is 11.5 Å². The van der Waals surface area contributed by atoms with Crippen molar-refractivity contribution < 1.29 is 4.79 Å². The molecule has 0 atom stereocenters. The van der Waals surface area contributed by atoms with Gasteiger partial charge in [-0.25, -0.2) is 9.97 Å². The van der Waals surface area contributed by atoms with Gasteiger partial charge in [-0.2, -0.15) is 0 Å². The molecular weight excluding hydrogens is 232 g/mol. The van der Waals surface area contributed by atoms with Crippen LogP contribution in [-0.2, 0) is 4.79 Å². The number of nitrogen functional groups attached to an aromatic ring is 1. The van der Waals surface area contributed by atoms with E-state index in [1.165, 1.54) is 0 Å². The summed E-state index contributed by atoms with van der Waals surface area (Å²) in [6.07, 6.45) is 5.10. The second kappa shape index (κ2) is 4.17. The molecule has 0 spiro atoms. The molecule has 0 fully saturated rings. The molecule has 0 saturated carbocycles. The molecule has 2 rings (SSSR count). The molecule has 1 amide bonds. The highest BCUT2D eigenvalue weighted by Crippen LogP contribution is 2.18. The molecule has 0 unspecified atom stereocenters. The van der Waals surface area contributed by atoms with Crippen LogP contribution < -0.4 is 16.8 Å². The Morgan fingerprint density at radius 2 is 2.28 bits per heavy atom. The van der Waals surface area contributed by atoms with Crippen molar-refractivity contribution in [1.82, 2.24) is 14.4 Å². The Morgan fingerprint density at radius 1 is 1.56 bits per heavy atom. The minimum absolute atomic E-state index is 0.362. The standard InChI is InChI=1S/C11H16N6O/c1-11(2,10(13)18)6-15-8-9-14-3-4-17(9)5-7(12)16-8/h3-5H,6,12H2,1-2H3,(H2,13,18)(H,15,16). The number of primary amides is 1. The van der Waals surface area contributed by atoms with Crippen molar-refractivity contribution in [1.29, 1.82) is 0 Å². The van der Waals surface area contributed by atoms with Gasteiger partial charge in [-0.1, -0.05) is 0 Å². The highest BCUT2D eigenvalue weighted by Gasteiger charge is 2.25. The van der Waals surface area contributed by atoms with Crippen LogP contribution >= 0.6 is 0 Å². The molecule has 2 aromatic heterocycles. The number of nitrogens with two attached hydrogens (primary N) is 2. The normalized spacial score (nSPS) is 11.7. The van der Waals surface area contributed by atoms with Crippen LogP contribution in [0.3, 0.4) is 0 Å². The molecule has 5 N–H and O–H groups in total. The largest absolute Gasteiger partial charge is 0.382 e. The van der Waals surface area contributed by atoms with E-state index < -0.39 is 5.41 Å². The molecule has 2 heterocycles. The smallest absolute Gasteiger partial charge is 0.224 e. The van der Waals surface area contributed by atoms with E-state index in [0.717, 1.165) is 0 Å². The van der Waals surface area contributed by atoms with Crippen molar-refractivity contribution in [2.45, 2.75) is 13.8 Å². The molecule has 2 aromatic rings. The predicted octanol–water partition coefficient (Wildman–Crippen LogP) is 0.235. The first-order valence-electron chi connectivity index (χ1n) is 5.53. The number of carbonyl (C=O) groups excluding carboxylic acids is 1. The van der Waals surface area contributed by atoms with Crippen molar-refractivity contribution in [2.75, 3.05) is 17.6 Å². The number of rotatable bonds is 4. The molecule has 0 aromatic carbocycles. The van der Waals surface area contributed by atoms with Crippen LogP contribution in [0.1, 0.15) is 13.8 Å². The molecule has 0 aliphatic heterocycles. The first-order valence-corrected chi connectivity index (χ1v) is 5.53. The van der Waals surface area contributed by atoms with Crippen LogP contribution in [0.4, 0.5) is 11.6 Å². The van der Waals surface area contributed by atoms with Crippen LogP contribution in [0.5, 0.6) is 0 Å². The van der Waals surface area contributed by atoms with E-state index >= 15 is 0 Å². The first-order chi connectivity index (χ1) is 8.40. The number of hydrogen-bond acceptors (Lipinski definition) is 5. The van der Waals surface area contributed by atoms with Gasteiger partial charge < -0.3 is 21.2 Å². The summed E-state index contributed by atoms with van der Waals surface area (Å²) in [6.45, 7) is 3.89. The van der Waals surface area contributed by atoms with Gasteiger partial charge in [-0.15, -0.1) is 0 Å². The van der Waals surface area contributed by atoms with E-state index in [9.17, 15) is 4.79 Å². The molecule has 0 aliphatic rings. The number of hydrogen-bond donors (Lipinski definition) is 3. The molecule has 96 valence electrons. The molecule has 0 radical (unpaired) electrons.